The molecule has 4 nitrogen and oxygen atoms in total. The number of carbonyl (C=O) groups is 1. The summed E-state index contributed by atoms with van der Waals surface area (Å²) in [6.45, 7) is 6.44. The Labute approximate surface area is 110 Å². The molecular weight excluding hydrogens is 228 g/mol. The Kier molecular flexibility index (Phi) is 5.01. The molecule has 1 unspecified atom stereocenters. The molecule has 0 heterocycles. The second-order valence-corrected chi connectivity index (χ2v) is 5.47. The first-order valence-corrected chi connectivity index (χ1v) is 7.41. The first-order chi connectivity index (χ1) is 8.74. The maximum atomic E-state index is 12.0. The van der Waals surface area contributed by atoms with Gasteiger partial charge in [0.05, 0.1) is 6.61 Å². The number of esters is 1. The van der Waals surface area contributed by atoms with E-state index in [-0.39, 0.29) is 12.0 Å². The summed E-state index contributed by atoms with van der Waals surface area (Å²) in [6.07, 6.45) is 6.13. The monoisotopic (exact) mass is 254 g/mol. The van der Waals surface area contributed by atoms with E-state index in [1.165, 1.54) is 25.7 Å². The molecular formula is C14H26N2O2. The number of nitrogens with one attached hydrogen (secondary N) is 1. The summed E-state index contributed by atoms with van der Waals surface area (Å²) in [5.74, 6) is -0.0776. The number of ether oxygens (including phenoxy) is 1. The van der Waals surface area contributed by atoms with Gasteiger partial charge >= 0.3 is 5.97 Å². The van der Waals surface area contributed by atoms with Crippen LogP contribution in [0.2, 0.25) is 0 Å². The Morgan fingerprint density at radius 3 is 2.56 bits per heavy atom. The molecule has 1 N–H and O–H groups in total. The predicted molar refractivity (Wildman–Crippen MR) is 71.5 cm³/mol. The van der Waals surface area contributed by atoms with Crippen LogP contribution in [0.25, 0.3) is 0 Å². The van der Waals surface area contributed by atoms with Gasteiger partial charge in [-0.05, 0) is 45.6 Å². The summed E-state index contributed by atoms with van der Waals surface area (Å²) >= 11 is 0. The minimum atomic E-state index is -0.135. The number of carbonyl (C=O) groups excluding carboxylic acids is 1. The molecule has 0 aromatic heterocycles. The van der Waals surface area contributed by atoms with Crippen LogP contribution in [0.1, 0.15) is 46.0 Å². The smallest absolute Gasteiger partial charge is 0.324 e. The third kappa shape index (κ3) is 4.25. The average Bonchev–Trinajstić information content (AvgIpc) is 3.21. The fourth-order valence-electron chi connectivity index (χ4n) is 2.36. The van der Waals surface area contributed by atoms with Crippen molar-refractivity contribution in [3.05, 3.63) is 0 Å². The van der Waals surface area contributed by atoms with Crippen molar-refractivity contribution in [3.63, 3.8) is 0 Å². The zero-order valence-corrected chi connectivity index (χ0v) is 11.7. The fourth-order valence-corrected chi connectivity index (χ4v) is 2.36. The molecule has 2 aliphatic carbocycles. The van der Waals surface area contributed by atoms with Crippen LogP contribution in [-0.2, 0) is 9.53 Å². The summed E-state index contributed by atoms with van der Waals surface area (Å²) in [4.78, 5) is 14.4. The van der Waals surface area contributed by atoms with Crippen molar-refractivity contribution in [2.75, 3.05) is 19.7 Å². The molecule has 0 aromatic carbocycles. The standard InChI is InChI=1S/C14H26N2O2/c1-3-9-16(12-7-8-12)10-13(14(17)18-4-2)15-11-5-6-11/h11-13,15H,3-10H2,1-2H3. The van der Waals surface area contributed by atoms with E-state index in [4.69, 9.17) is 4.74 Å². The zero-order chi connectivity index (χ0) is 13.0. The third-order valence-electron chi connectivity index (χ3n) is 3.58. The number of hydrogen-bond acceptors (Lipinski definition) is 4. The van der Waals surface area contributed by atoms with E-state index in [2.05, 4.69) is 17.1 Å². The quantitative estimate of drug-likeness (QED) is 0.634. The minimum Gasteiger partial charge on any atom is -0.465 e. The molecule has 104 valence electrons. The van der Waals surface area contributed by atoms with Gasteiger partial charge in [-0.2, -0.15) is 0 Å². The lowest BCUT2D eigenvalue weighted by molar-refractivity contribution is -0.146. The highest BCUT2D eigenvalue weighted by Crippen LogP contribution is 2.27. The second-order valence-electron chi connectivity index (χ2n) is 5.47. The third-order valence-corrected chi connectivity index (χ3v) is 3.58. The molecule has 0 bridgehead atoms. The Morgan fingerprint density at radius 2 is 2.06 bits per heavy atom. The van der Waals surface area contributed by atoms with Crippen molar-refractivity contribution < 1.29 is 9.53 Å². The lowest BCUT2D eigenvalue weighted by atomic mass is 10.2. The van der Waals surface area contributed by atoms with Crippen molar-refractivity contribution in [1.29, 1.82) is 0 Å². The lowest BCUT2D eigenvalue weighted by Gasteiger charge is -2.26. The molecule has 0 aliphatic heterocycles. The van der Waals surface area contributed by atoms with E-state index in [9.17, 15) is 4.79 Å². The molecule has 0 amide bonds. The van der Waals surface area contributed by atoms with E-state index in [1.54, 1.807) is 0 Å². The predicted octanol–water partition coefficient (Wildman–Crippen LogP) is 1.54. The van der Waals surface area contributed by atoms with Gasteiger partial charge in [0.2, 0.25) is 0 Å². The van der Waals surface area contributed by atoms with Crippen molar-refractivity contribution in [3.8, 4) is 0 Å². The highest BCUT2D eigenvalue weighted by atomic mass is 16.5. The summed E-state index contributed by atoms with van der Waals surface area (Å²) in [5, 5.41) is 3.43. The molecule has 0 saturated heterocycles. The van der Waals surface area contributed by atoms with Gasteiger partial charge in [0.25, 0.3) is 0 Å². The fraction of sp³-hybridized carbons (Fsp3) is 0.929. The maximum absolute atomic E-state index is 12.0. The van der Waals surface area contributed by atoms with Crippen LogP contribution < -0.4 is 5.32 Å². The minimum absolute atomic E-state index is 0.0776. The lowest BCUT2D eigenvalue weighted by Crippen LogP contribution is -2.48. The van der Waals surface area contributed by atoms with Gasteiger partial charge in [-0.15, -0.1) is 0 Å². The summed E-state index contributed by atoms with van der Waals surface area (Å²) in [7, 11) is 0. The molecule has 18 heavy (non-hydrogen) atoms. The van der Waals surface area contributed by atoms with Crippen LogP contribution in [0.15, 0.2) is 0 Å². The molecule has 0 radical (unpaired) electrons. The normalized spacial score (nSPS) is 21.1. The van der Waals surface area contributed by atoms with Gasteiger partial charge in [0, 0.05) is 18.6 Å². The van der Waals surface area contributed by atoms with Gasteiger partial charge in [-0.25, -0.2) is 0 Å². The molecule has 1 atom stereocenters. The van der Waals surface area contributed by atoms with E-state index in [0.717, 1.165) is 19.5 Å². The van der Waals surface area contributed by atoms with Gasteiger partial charge in [-0.3, -0.25) is 9.69 Å². The van der Waals surface area contributed by atoms with Gasteiger partial charge < -0.3 is 10.1 Å². The van der Waals surface area contributed by atoms with Crippen LogP contribution in [-0.4, -0.2) is 48.7 Å². The topological polar surface area (TPSA) is 41.6 Å². The van der Waals surface area contributed by atoms with Crippen molar-refractivity contribution >= 4 is 5.97 Å². The molecule has 2 rings (SSSR count). The Bertz CT molecular complexity index is 275. The van der Waals surface area contributed by atoms with Crippen LogP contribution in [0.3, 0.4) is 0 Å². The first-order valence-electron chi connectivity index (χ1n) is 7.41. The summed E-state index contributed by atoms with van der Waals surface area (Å²) < 4.78 is 5.18. The van der Waals surface area contributed by atoms with E-state index in [0.29, 0.717) is 18.7 Å². The average molecular weight is 254 g/mol. The summed E-state index contributed by atoms with van der Waals surface area (Å²) in [5.41, 5.74) is 0. The number of hydrogen-bond donors (Lipinski definition) is 1. The maximum Gasteiger partial charge on any atom is 0.324 e. The van der Waals surface area contributed by atoms with Crippen LogP contribution in [0, 0.1) is 0 Å². The Balaban J connectivity index is 1.86. The van der Waals surface area contributed by atoms with Crippen LogP contribution >= 0.6 is 0 Å². The van der Waals surface area contributed by atoms with E-state index < -0.39 is 0 Å². The first kappa shape index (κ1) is 13.8. The van der Waals surface area contributed by atoms with Crippen molar-refractivity contribution in [1.82, 2.24) is 10.2 Å². The van der Waals surface area contributed by atoms with Gasteiger partial charge in [-0.1, -0.05) is 6.92 Å². The van der Waals surface area contributed by atoms with Crippen LogP contribution in [0.4, 0.5) is 0 Å². The molecule has 2 fully saturated rings. The highest BCUT2D eigenvalue weighted by Gasteiger charge is 2.34. The SMILES string of the molecule is CCCN(CC(NC1CC1)C(=O)OCC)C1CC1. The van der Waals surface area contributed by atoms with Crippen LogP contribution in [0.5, 0.6) is 0 Å². The molecule has 2 saturated carbocycles. The second kappa shape index (κ2) is 6.53. The Hall–Kier alpha value is -0.610. The number of rotatable bonds is 9. The summed E-state index contributed by atoms with van der Waals surface area (Å²) in [6, 6.07) is 1.12. The zero-order valence-electron chi connectivity index (χ0n) is 11.7. The van der Waals surface area contributed by atoms with E-state index >= 15 is 0 Å². The van der Waals surface area contributed by atoms with Gasteiger partial charge in [0.15, 0.2) is 0 Å². The number of nitrogens with zero attached hydrogens (tertiary/aromatic N) is 1. The molecule has 0 aromatic rings. The van der Waals surface area contributed by atoms with Gasteiger partial charge in [0.1, 0.15) is 6.04 Å². The van der Waals surface area contributed by atoms with E-state index in [1.807, 2.05) is 6.92 Å². The van der Waals surface area contributed by atoms with Crippen molar-refractivity contribution in [2.45, 2.75) is 64.1 Å². The highest BCUT2D eigenvalue weighted by molar-refractivity contribution is 5.76. The Morgan fingerprint density at radius 1 is 1.33 bits per heavy atom. The van der Waals surface area contributed by atoms with Crippen molar-refractivity contribution in [2.24, 2.45) is 0 Å². The largest absolute Gasteiger partial charge is 0.465 e. The molecule has 4 heteroatoms. The molecule has 2 aliphatic rings. The molecule has 0 spiro atoms.